The average molecular weight is 380 g/mol. The molecule has 0 radical (unpaired) electrons. The molecule has 4 aliphatic heterocycles. The van der Waals surface area contributed by atoms with Crippen LogP contribution in [0.25, 0.3) is 0 Å². The first-order valence-corrected chi connectivity index (χ1v) is 10.2. The van der Waals surface area contributed by atoms with E-state index in [1.165, 1.54) is 17.7 Å². The molecule has 3 fully saturated rings. The van der Waals surface area contributed by atoms with Gasteiger partial charge in [0, 0.05) is 19.0 Å². The highest BCUT2D eigenvalue weighted by Gasteiger charge is 2.56. The van der Waals surface area contributed by atoms with E-state index in [2.05, 4.69) is 17.0 Å². The lowest BCUT2D eigenvalue weighted by molar-refractivity contribution is -0.0422. The number of carbonyl (C=O) groups is 1. The van der Waals surface area contributed by atoms with Crippen LogP contribution in [0.4, 0.5) is 9.18 Å². The molecule has 0 saturated carbocycles. The molecule has 0 aliphatic carbocycles. The van der Waals surface area contributed by atoms with E-state index in [1.807, 2.05) is 12.1 Å². The fourth-order valence-electron chi connectivity index (χ4n) is 5.98. The van der Waals surface area contributed by atoms with Gasteiger partial charge in [-0.15, -0.1) is 0 Å². The number of halogens is 1. The Labute approximate surface area is 164 Å². The molecule has 2 atom stereocenters. The van der Waals surface area contributed by atoms with Crippen LogP contribution in [0.5, 0.6) is 0 Å². The van der Waals surface area contributed by atoms with E-state index in [1.54, 1.807) is 17.0 Å². The number of amides is 1. The molecule has 0 unspecified atom stereocenters. The molecule has 4 heterocycles. The average Bonchev–Trinajstić information content (AvgIpc) is 2.74. The highest BCUT2D eigenvalue weighted by Crippen LogP contribution is 2.53. The number of benzene rings is 2. The quantitative estimate of drug-likeness (QED) is 0.858. The third kappa shape index (κ3) is 2.49. The Kier molecular flexibility index (Phi) is 4.16. The fraction of sp³-hybridized carbons (Fsp3) is 0.435. The van der Waals surface area contributed by atoms with Gasteiger partial charge in [0.2, 0.25) is 0 Å². The van der Waals surface area contributed by atoms with Crippen LogP contribution in [0.2, 0.25) is 0 Å². The van der Waals surface area contributed by atoms with Crippen molar-refractivity contribution in [2.75, 3.05) is 26.2 Å². The van der Waals surface area contributed by atoms with Crippen molar-refractivity contribution in [3.63, 3.8) is 0 Å². The predicted octanol–water partition coefficient (Wildman–Crippen LogP) is 3.95. The number of hydrogen-bond donors (Lipinski definition) is 1. The first kappa shape index (κ1) is 17.7. The van der Waals surface area contributed by atoms with Gasteiger partial charge in [-0.25, -0.2) is 9.18 Å². The lowest BCUT2D eigenvalue weighted by atomic mass is 9.60. The maximum absolute atomic E-state index is 13.8. The van der Waals surface area contributed by atoms with Gasteiger partial charge in [-0.3, -0.25) is 4.90 Å². The minimum Gasteiger partial charge on any atom is -0.465 e. The van der Waals surface area contributed by atoms with Crippen LogP contribution < -0.4 is 0 Å². The maximum atomic E-state index is 13.8. The summed E-state index contributed by atoms with van der Waals surface area (Å²) in [5.74, 6) is 0.347. The molecule has 2 bridgehead atoms. The van der Waals surface area contributed by atoms with Gasteiger partial charge >= 0.3 is 6.09 Å². The summed E-state index contributed by atoms with van der Waals surface area (Å²) in [6.07, 6.45) is 2.02. The number of carboxylic acid groups (broad SMARTS) is 1. The summed E-state index contributed by atoms with van der Waals surface area (Å²) in [4.78, 5) is 16.6. The highest BCUT2D eigenvalue weighted by atomic mass is 19.1. The molecule has 146 valence electrons. The molecule has 0 spiro atoms. The zero-order valence-corrected chi connectivity index (χ0v) is 15.9. The van der Waals surface area contributed by atoms with E-state index in [-0.39, 0.29) is 11.7 Å². The van der Waals surface area contributed by atoms with Gasteiger partial charge in [0.1, 0.15) is 11.4 Å². The van der Waals surface area contributed by atoms with Crippen molar-refractivity contribution in [3.8, 4) is 0 Å². The summed E-state index contributed by atoms with van der Waals surface area (Å²) in [5, 5.41) is 10.3. The number of nitrogens with zero attached hydrogens (tertiary/aromatic N) is 2. The van der Waals surface area contributed by atoms with Crippen molar-refractivity contribution in [2.45, 2.75) is 24.8 Å². The van der Waals surface area contributed by atoms with E-state index in [9.17, 15) is 14.3 Å². The normalized spacial score (nSPS) is 31.5. The highest BCUT2D eigenvalue weighted by molar-refractivity contribution is 5.70. The Hall–Kier alpha value is -2.40. The van der Waals surface area contributed by atoms with Crippen molar-refractivity contribution in [1.29, 1.82) is 0 Å². The van der Waals surface area contributed by atoms with Crippen molar-refractivity contribution >= 4 is 6.09 Å². The molecule has 1 N–H and O–H groups in total. The van der Waals surface area contributed by atoms with Crippen molar-refractivity contribution in [1.82, 2.24) is 9.80 Å². The summed E-state index contributed by atoms with van der Waals surface area (Å²) in [6.45, 7) is 3.54. The van der Waals surface area contributed by atoms with Crippen LogP contribution in [0.15, 0.2) is 48.5 Å². The van der Waals surface area contributed by atoms with Crippen LogP contribution in [0.3, 0.4) is 0 Å². The summed E-state index contributed by atoms with van der Waals surface area (Å²) in [5.41, 5.74) is 2.41. The molecule has 4 aliphatic rings. The lowest BCUT2D eigenvalue weighted by Gasteiger charge is -2.58. The molecule has 1 amide bonds. The van der Waals surface area contributed by atoms with Gasteiger partial charge in [0.25, 0.3) is 0 Å². The number of hydrogen-bond acceptors (Lipinski definition) is 2. The molecule has 4 nitrogen and oxygen atoms in total. The Morgan fingerprint density at radius 3 is 2.39 bits per heavy atom. The summed E-state index contributed by atoms with van der Waals surface area (Å²) >= 11 is 0. The third-order valence-electron chi connectivity index (χ3n) is 7.17. The second-order valence-electron chi connectivity index (χ2n) is 8.36. The van der Waals surface area contributed by atoms with Gasteiger partial charge < -0.3 is 10.0 Å². The molecule has 28 heavy (non-hydrogen) atoms. The van der Waals surface area contributed by atoms with Crippen LogP contribution in [0, 0.1) is 17.7 Å². The zero-order valence-electron chi connectivity index (χ0n) is 15.9. The Morgan fingerprint density at radius 2 is 1.75 bits per heavy atom. The first-order chi connectivity index (χ1) is 13.6. The maximum Gasteiger partial charge on any atom is 0.408 e. The van der Waals surface area contributed by atoms with Gasteiger partial charge in [-0.05, 0) is 67.1 Å². The minimum atomic E-state index is -0.893. The second-order valence-corrected chi connectivity index (χ2v) is 8.36. The Morgan fingerprint density at radius 1 is 1.04 bits per heavy atom. The summed E-state index contributed by atoms with van der Waals surface area (Å²) < 4.78 is 13.8. The molecule has 3 saturated heterocycles. The third-order valence-corrected chi connectivity index (χ3v) is 7.17. The molecular formula is C23H25FN2O2. The Bertz CT molecular complexity index is 892. The summed E-state index contributed by atoms with van der Waals surface area (Å²) in [6, 6.07) is 14.8. The smallest absolute Gasteiger partial charge is 0.408 e. The number of rotatable bonds is 2. The van der Waals surface area contributed by atoms with E-state index < -0.39 is 11.6 Å². The van der Waals surface area contributed by atoms with E-state index in [0.29, 0.717) is 18.9 Å². The molecule has 6 rings (SSSR count). The number of fused-ring (bicyclic) bond motifs is 4. The second kappa shape index (κ2) is 6.59. The molecule has 2 aromatic rings. The summed E-state index contributed by atoms with van der Waals surface area (Å²) in [7, 11) is 0. The van der Waals surface area contributed by atoms with Crippen molar-refractivity contribution in [2.24, 2.45) is 11.8 Å². The molecule has 5 heteroatoms. The van der Waals surface area contributed by atoms with E-state index in [4.69, 9.17) is 0 Å². The van der Waals surface area contributed by atoms with Gasteiger partial charge in [0.05, 0.1) is 0 Å². The van der Waals surface area contributed by atoms with Gasteiger partial charge in [-0.2, -0.15) is 0 Å². The lowest BCUT2D eigenvalue weighted by Crippen LogP contribution is -2.64. The van der Waals surface area contributed by atoms with Crippen LogP contribution in [-0.2, 0) is 12.0 Å². The van der Waals surface area contributed by atoms with Crippen LogP contribution >= 0.6 is 0 Å². The number of piperidine rings is 3. The molecular weight excluding hydrogens is 355 g/mol. The Balaban J connectivity index is 1.79. The van der Waals surface area contributed by atoms with Crippen LogP contribution in [-0.4, -0.2) is 47.2 Å². The zero-order chi connectivity index (χ0) is 19.3. The SMILES string of the molecule is O=C(O)N1CCc2ccccc2[C@@]1(c1ccc(F)cc1)[C@@H]1CN2CCC1CC2. The van der Waals surface area contributed by atoms with E-state index >= 15 is 0 Å². The largest absolute Gasteiger partial charge is 0.465 e. The van der Waals surface area contributed by atoms with Crippen LogP contribution in [0.1, 0.15) is 29.5 Å². The molecule has 0 aromatic heterocycles. The standard InChI is InChI=1S/C23H25FN2O2/c24-19-7-5-18(6-8-19)23(21-15-25-12-9-17(21)10-13-25)20-4-2-1-3-16(20)11-14-26(23)22(27)28/h1-8,17,21H,9-15H2,(H,27,28)/t21-,23+/m1/s1. The van der Waals surface area contributed by atoms with Crippen molar-refractivity contribution in [3.05, 3.63) is 71.0 Å². The van der Waals surface area contributed by atoms with Gasteiger partial charge in [-0.1, -0.05) is 36.4 Å². The van der Waals surface area contributed by atoms with Gasteiger partial charge in [0.15, 0.2) is 0 Å². The topological polar surface area (TPSA) is 43.8 Å². The molecule has 2 aromatic carbocycles. The minimum absolute atomic E-state index is 0.165. The first-order valence-electron chi connectivity index (χ1n) is 10.2. The monoisotopic (exact) mass is 380 g/mol. The fourth-order valence-corrected chi connectivity index (χ4v) is 5.98. The predicted molar refractivity (Wildman–Crippen MR) is 105 cm³/mol. The van der Waals surface area contributed by atoms with E-state index in [0.717, 1.165) is 43.6 Å². The van der Waals surface area contributed by atoms with Crippen molar-refractivity contribution < 1.29 is 14.3 Å².